The molecular formula is C20H23FN2O4. The van der Waals surface area contributed by atoms with Gasteiger partial charge in [-0.05, 0) is 61.8 Å². The maximum atomic E-state index is 13.1. The van der Waals surface area contributed by atoms with Crippen LogP contribution in [0.15, 0.2) is 24.3 Å². The quantitative estimate of drug-likeness (QED) is 0.879. The lowest BCUT2D eigenvalue weighted by atomic mass is 9.76. The van der Waals surface area contributed by atoms with Gasteiger partial charge in [0.2, 0.25) is 5.91 Å². The summed E-state index contributed by atoms with van der Waals surface area (Å²) in [4.78, 5) is 40.2. The summed E-state index contributed by atoms with van der Waals surface area (Å²) in [5.74, 6) is -1.43. The number of piperidine rings is 1. The fourth-order valence-corrected chi connectivity index (χ4v) is 4.40. The molecule has 6 nitrogen and oxygen atoms in total. The second kappa shape index (κ2) is 6.62. The smallest absolute Gasteiger partial charge is 0.326 e. The molecule has 2 amide bonds. The van der Waals surface area contributed by atoms with Crippen molar-refractivity contribution in [1.82, 2.24) is 9.80 Å². The predicted molar refractivity (Wildman–Crippen MR) is 94.4 cm³/mol. The molecule has 1 spiro atoms. The van der Waals surface area contributed by atoms with Crippen LogP contribution >= 0.6 is 0 Å². The lowest BCUT2D eigenvalue weighted by Gasteiger charge is -2.39. The van der Waals surface area contributed by atoms with Crippen molar-refractivity contribution in [3.8, 4) is 0 Å². The zero-order chi connectivity index (χ0) is 19.2. The van der Waals surface area contributed by atoms with E-state index in [9.17, 15) is 23.9 Å². The number of carboxylic acids is 1. The fourth-order valence-electron chi connectivity index (χ4n) is 4.40. The zero-order valence-corrected chi connectivity index (χ0v) is 15.1. The number of rotatable bonds is 3. The SMILES string of the molecule is O=C(O)[C@H]1CC2(CCN(C(=O)C3CC3)CC2)CN1C(=O)c1ccc(F)cc1. The van der Waals surface area contributed by atoms with Gasteiger partial charge in [0.1, 0.15) is 11.9 Å². The van der Waals surface area contributed by atoms with Crippen LogP contribution in [0.1, 0.15) is 42.5 Å². The number of halogens is 1. The van der Waals surface area contributed by atoms with E-state index in [4.69, 9.17) is 0 Å². The number of nitrogens with zero attached hydrogens (tertiary/aromatic N) is 2. The van der Waals surface area contributed by atoms with Crippen molar-refractivity contribution in [1.29, 1.82) is 0 Å². The summed E-state index contributed by atoms with van der Waals surface area (Å²) in [5, 5.41) is 9.64. The van der Waals surface area contributed by atoms with Crippen LogP contribution in [0.5, 0.6) is 0 Å². The van der Waals surface area contributed by atoms with E-state index in [0.717, 1.165) is 12.8 Å². The first-order chi connectivity index (χ1) is 12.9. The number of hydrogen-bond donors (Lipinski definition) is 1. The first-order valence-electron chi connectivity index (χ1n) is 9.47. The first-order valence-corrected chi connectivity index (χ1v) is 9.47. The number of carboxylic acid groups (broad SMARTS) is 1. The van der Waals surface area contributed by atoms with Crippen LogP contribution in [0, 0.1) is 17.2 Å². The zero-order valence-electron chi connectivity index (χ0n) is 15.1. The number of likely N-dealkylation sites (tertiary alicyclic amines) is 2. The van der Waals surface area contributed by atoms with Crippen molar-refractivity contribution < 1.29 is 23.9 Å². The van der Waals surface area contributed by atoms with Gasteiger partial charge in [-0.1, -0.05) is 0 Å². The number of carbonyl (C=O) groups excluding carboxylic acids is 2. The van der Waals surface area contributed by atoms with Crippen molar-refractivity contribution in [3.05, 3.63) is 35.6 Å². The highest BCUT2D eigenvalue weighted by molar-refractivity contribution is 5.97. The summed E-state index contributed by atoms with van der Waals surface area (Å²) < 4.78 is 13.1. The monoisotopic (exact) mass is 374 g/mol. The molecule has 2 saturated heterocycles. The Labute approximate surface area is 156 Å². The standard InChI is InChI=1S/C20H23FN2O4/c21-15-5-3-14(4-6-15)18(25)23-12-20(11-16(23)19(26)27)7-9-22(10-8-20)17(24)13-1-2-13/h3-6,13,16H,1-2,7-12H2,(H,26,27)/t16-/m1/s1. The highest BCUT2D eigenvalue weighted by Gasteiger charge is 2.50. The van der Waals surface area contributed by atoms with Gasteiger partial charge in [0, 0.05) is 31.1 Å². The number of carbonyl (C=O) groups is 3. The van der Waals surface area contributed by atoms with E-state index in [1.807, 2.05) is 4.90 Å². The Morgan fingerprint density at radius 3 is 2.26 bits per heavy atom. The van der Waals surface area contributed by atoms with Crippen LogP contribution < -0.4 is 0 Å². The molecule has 2 heterocycles. The average molecular weight is 374 g/mol. The third-order valence-electron chi connectivity index (χ3n) is 6.21. The minimum absolute atomic E-state index is 0.186. The van der Waals surface area contributed by atoms with E-state index in [1.54, 1.807) is 0 Å². The maximum absolute atomic E-state index is 13.1. The van der Waals surface area contributed by atoms with Crippen LogP contribution in [-0.4, -0.2) is 58.4 Å². The van der Waals surface area contributed by atoms with Crippen molar-refractivity contribution in [2.45, 2.75) is 38.1 Å². The number of aliphatic carboxylic acids is 1. The minimum Gasteiger partial charge on any atom is -0.480 e. The molecule has 27 heavy (non-hydrogen) atoms. The summed E-state index contributed by atoms with van der Waals surface area (Å²) in [6.45, 7) is 1.62. The van der Waals surface area contributed by atoms with Crippen LogP contribution in [0.4, 0.5) is 4.39 Å². The van der Waals surface area contributed by atoms with Gasteiger partial charge in [-0.2, -0.15) is 0 Å². The molecular weight excluding hydrogens is 351 g/mol. The van der Waals surface area contributed by atoms with Gasteiger partial charge in [0.05, 0.1) is 0 Å². The van der Waals surface area contributed by atoms with Crippen LogP contribution in [0.25, 0.3) is 0 Å². The van der Waals surface area contributed by atoms with Crippen molar-refractivity contribution in [2.24, 2.45) is 11.3 Å². The molecule has 0 bridgehead atoms. The average Bonchev–Trinajstić information content (AvgIpc) is 3.44. The van der Waals surface area contributed by atoms with Gasteiger partial charge in [-0.25, -0.2) is 9.18 Å². The molecule has 0 unspecified atom stereocenters. The molecule has 1 atom stereocenters. The highest BCUT2D eigenvalue weighted by Crippen LogP contribution is 2.45. The van der Waals surface area contributed by atoms with Crippen molar-refractivity contribution in [3.63, 3.8) is 0 Å². The van der Waals surface area contributed by atoms with Gasteiger partial charge in [0.15, 0.2) is 0 Å². The summed E-state index contributed by atoms with van der Waals surface area (Å²) in [7, 11) is 0. The minimum atomic E-state index is -1.01. The molecule has 1 aromatic carbocycles. The van der Waals surface area contributed by atoms with Gasteiger partial charge in [-0.3, -0.25) is 9.59 Å². The molecule has 144 valence electrons. The second-order valence-corrected chi connectivity index (χ2v) is 8.10. The largest absolute Gasteiger partial charge is 0.480 e. The molecule has 0 radical (unpaired) electrons. The van der Waals surface area contributed by atoms with E-state index in [-0.39, 0.29) is 23.1 Å². The van der Waals surface area contributed by atoms with Gasteiger partial charge in [-0.15, -0.1) is 0 Å². The van der Waals surface area contributed by atoms with E-state index in [2.05, 4.69) is 0 Å². The molecule has 0 aromatic heterocycles. The Morgan fingerprint density at radius 1 is 1.07 bits per heavy atom. The van der Waals surface area contributed by atoms with Crippen LogP contribution in [0.3, 0.4) is 0 Å². The molecule has 4 rings (SSSR count). The molecule has 7 heteroatoms. The van der Waals surface area contributed by atoms with E-state index >= 15 is 0 Å². The maximum Gasteiger partial charge on any atom is 0.326 e. The Bertz CT molecular complexity index is 767. The highest BCUT2D eigenvalue weighted by atomic mass is 19.1. The van der Waals surface area contributed by atoms with Crippen molar-refractivity contribution >= 4 is 17.8 Å². The molecule has 1 saturated carbocycles. The lowest BCUT2D eigenvalue weighted by molar-refractivity contribution is -0.141. The normalized spacial score (nSPS) is 24.3. The number of amides is 2. The fraction of sp³-hybridized carbons (Fsp3) is 0.550. The molecule has 3 aliphatic rings. The van der Waals surface area contributed by atoms with Crippen LogP contribution in [-0.2, 0) is 9.59 Å². The van der Waals surface area contributed by atoms with E-state index in [0.29, 0.717) is 44.5 Å². The Balaban J connectivity index is 1.48. The summed E-state index contributed by atoms with van der Waals surface area (Å²) in [6.07, 6.45) is 3.77. The summed E-state index contributed by atoms with van der Waals surface area (Å²) in [6, 6.07) is 4.30. The van der Waals surface area contributed by atoms with Gasteiger partial charge < -0.3 is 14.9 Å². The second-order valence-electron chi connectivity index (χ2n) is 8.10. The van der Waals surface area contributed by atoms with Crippen LogP contribution in [0.2, 0.25) is 0 Å². The molecule has 3 fully saturated rings. The Morgan fingerprint density at radius 2 is 1.70 bits per heavy atom. The van der Waals surface area contributed by atoms with Gasteiger partial charge in [0.25, 0.3) is 5.91 Å². The molecule has 1 aromatic rings. The molecule has 1 N–H and O–H groups in total. The topological polar surface area (TPSA) is 77.9 Å². The Kier molecular flexibility index (Phi) is 4.40. The molecule has 2 aliphatic heterocycles. The van der Waals surface area contributed by atoms with E-state index in [1.165, 1.54) is 29.2 Å². The number of hydrogen-bond acceptors (Lipinski definition) is 3. The van der Waals surface area contributed by atoms with Crippen molar-refractivity contribution in [2.75, 3.05) is 19.6 Å². The molecule has 1 aliphatic carbocycles. The Hall–Kier alpha value is -2.44. The third-order valence-corrected chi connectivity index (χ3v) is 6.21. The lowest BCUT2D eigenvalue weighted by Crippen LogP contribution is -2.45. The number of benzene rings is 1. The predicted octanol–water partition coefficient (Wildman–Crippen LogP) is 2.14. The van der Waals surface area contributed by atoms with E-state index < -0.39 is 17.8 Å². The first kappa shape index (κ1) is 17.9. The summed E-state index contributed by atoms with van der Waals surface area (Å²) in [5.41, 5.74) is 0.0278. The van der Waals surface area contributed by atoms with Gasteiger partial charge >= 0.3 is 5.97 Å². The summed E-state index contributed by atoms with van der Waals surface area (Å²) >= 11 is 0. The third kappa shape index (κ3) is 3.42.